The normalized spacial score (nSPS) is 20.7. The zero-order valence-electron chi connectivity index (χ0n) is 11.7. The van der Waals surface area contributed by atoms with Gasteiger partial charge in [-0.05, 0) is 12.8 Å². The van der Waals surface area contributed by atoms with E-state index in [0.29, 0.717) is 19.1 Å². The van der Waals surface area contributed by atoms with Gasteiger partial charge in [0.15, 0.2) is 0 Å². The fraction of sp³-hybridized carbons (Fsp3) is 0.923. The molecule has 0 aliphatic carbocycles. The molecule has 0 saturated carbocycles. The van der Waals surface area contributed by atoms with Gasteiger partial charge in [-0.2, -0.15) is 0 Å². The summed E-state index contributed by atoms with van der Waals surface area (Å²) in [5, 5.41) is 0. The first-order valence-corrected chi connectivity index (χ1v) is 6.80. The van der Waals surface area contributed by atoms with E-state index in [1.165, 1.54) is 0 Å². The van der Waals surface area contributed by atoms with Crippen molar-refractivity contribution >= 4 is 5.97 Å². The zero-order valence-corrected chi connectivity index (χ0v) is 11.7. The maximum Gasteiger partial charge on any atom is 0.311 e. The van der Waals surface area contributed by atoms with E-state index in [9.17, 15) is 4.79 Å². The van der Waals surface area contributed by atoms with E-state index in [1.54, 1.807) is 0 Å². The fourth-order valence-electron chi connectivity index (χ4n) is 2.64. The Balaban J connectivity index is 2.76. The van der Waals surface area contributed by atoms with Crippen LogP contribution in [-0.4, -0.2) is 56.4 Å². The van der Waals surface area contributed by atoms with Crippen LogP contribution in [0.2, 0.25) is 0 Å². The van der Waals surface area contributed by atoms with Gasteiger partial charge in [-0.25, -0.2) is 0 Å². The van der Waals surface area contributed by atoms with Gasteiger partial charge in [0, 0.05) is 25.7 Å². The van der Waals surface area contributed by atoms with Crippen molar-refractivity contribution in [1.82, 2.24) is 4.90 Å². The second-order valence-electron chi connectivity index (χ2n) is 4.98. The molecule has 2 atom stereocenters. The van der Waals surface area contributed by atoms with Crippen LogP contribution >= 0.6 is 0 Å². The molecule has 0 spiro atoms. The fourth-order valence-corrected chi connectivity index (χ4v) is 2.64. The lowest BCUT2D eigenvalue weighted by molar-refractivity contribution is -0.152. The van der Waals surface area contributed by atoms with Crippen molar-refractivity contribution in [2.45, 2.75) is 26.8 Å². The minimum atomic E-state index is -0.247. The summed E-state index contributed by atoms with van der Waals surface area (Å²) < 4.78 is 10.5. The van der Waals surface area contributed by atoms with Gasteiger partial charge in [-0.15, -0.1) is 0 Å². The number of hydrogen-bond donors (Lipinski definition) is 1. The van der Waals surface area contributed by atoms with Gasteiger partial charge in [0.25, 0.3) is 0 Å². The number of morpholine rings is 1. The van der Waals surface area contributed by atoms with E-state index >= 15 is 0 Å². The summed E-state index contributed by atoms with van der Waals surface area (Å²) in [6.07, 6.45) is 0. The Bertz CT molecular complexity index is 253. The van der Waals surface area contributed by atoms with Crippen molar-refractivity contribution in [2.75, 3.05) is 39.5 Å². The molecule has 1 aliphatic rings. The van der Waals surface area contributed by atoms with E-state index in [1.807, 2.05) is 6.92 Å². The van der Waals surface area contributed by atoms with Crippen LogP contribution in [0.25, 0.3) is 0 Å². The Hall–Kier alpha value is -0.650. The molecule has 0 aromatic rings. The Morgan fingerprint density at radius 3 is 2.44 bits per heavy atom. The summed E-state index contributed by atoms with van der Waals surface area (Å²) in [5.41, 5.74) is 5.79. The van der Waals surface area contributed by atoms with Crippen LogP contribution < -0.4 is 5.73 Å². The van der Waals surface area contributed by atoms with E-state index < -0.39 is 0 Å². The Morgan fingerprint density at radius 1 is 1.39 bits per heavy atom. The Morgan fingerprint density at radius 2 is 2.00 bits per heavy atom. The number of hydrogen-bond acceptors (Lipinski definition) is 5. The van der Waals surface area contributed by atoms with Crippen molar-refractivity contribution in [1.29, 1.82) is 0 Å². The third-order valence-electron chi connectivity index (χ3n) is 3.41. The summed E-state index contributed by atoms with van der Waals surface area (Å²) in [5.74, 6) is -0.0608. The molecule has 106 valence electrons. The van der Waals surface area contributed by atoms with Gasteiger partial charge in [-0.1, -0.05) is 13.8 Å². The van der Waals surface area contributed by atoms with Gasteiger partial charge in [0.1, 0.15) is 0 Å². The molecule has 0 aromatic heterocycles. The third kappa shape index (κ3) is 3.93. The molecule has 1 saturated heterocycles. The van der Waals surface area contributed by atoms with Gasteiger partial charge in [-0.3, -0.25) is 9.69 Å². The smallest absolute Gasteiger partial charge is 0.311 e. The predicted octanol–water partition coefficient (Wildman–Crippen LogP) is 0.481. The minimum absolute atomic E-state index is 0.137. The second kappa shape index (κ2) is 7.71. The maximum absolute atomic E-state index is 12.0. The van der Waals surface area contributed by atoms with Crippen molar-refractivity contribution in [3.05, 3.63) is 0 Å². The summed E-state index contributed by atoms with van der Waals surface area (Å²) in [4.78, 5) is 14.3. The van der Waals surface area contributed by atoms with Gasteiger partial charge >= 0.3 is 5.97 Å². The molecule has 5 heteroatoms. The van der Waals surface area contributed by atoms with Crippen molar-refractivity contribution in [3.8, 4) is 0 Å². The standard InChI is InChI=1S/C13H26N2O3/c1-4-18-13(16)11(9-14)12(10(2)3)15-5-7-17-8-6-15/h10-12H,4-9,14H2,1-3H3/t11-,12-/m0/s1. The zero-order chi connectivity index (χ0) is 13.5. The van der Waals surface area contributed by atoms with E-state index in [-0.39, 0.29) is 17.9 Å². The quantitative estimate of drug-likeness (QED) is 0.702. The van der Waals surface area contributed by atoms with Crippen LogP contribution in [0.4, 0.5) is 0 Å². The highest BCUT2D eigenvalue weighted by Gasteiger charge is 2.35. The second-order valence-corrected chi connectivity index (χ2v) is 4.98. The van der Waals surface area contributed by atoms with E-state index in [0.717, 1.165) is 26.3 Å². The SMILES string of the molecule is CCOC(=O)[C@@H](CN)[C@H](C(C)C)N1CCOCC1. The number of nitrogens with two attached hydrogens (primary N) is 1. The molecule has 1 fully saturated rings. The monoisotopic (exact) mass is 258 g/mol. The summed E-state index contributed by atoms with van der Waals surface area (Å²) >= 11 is 0. The predicted molar refractivity (Wildman–Crippen MR) is 70.2 cm³/mol. The highest BCUT2D eigenvalue weighted by molar-refractivity contribution is 5.73. The molecule has 18 heavy (non-hydrogen) atoms. The number of esters is 1. The first-order valence-electron chi connectivity index (χ1n) is 6.80. The number of carbonyl (C=O) groups excluding carboxylic acids is 1. The number of nitrogens with zero attached hydrogens (tertiary/aromatic N) is 1. The highest BCUT2D eigenvalue weighted by Crippen LogP contribution is 2.21. The topological polar surface area (TPSA) is 64.8 Å². The molecular weight excluding hydrogens is 232 g/mol. The Kier molecular flexibility index (Phi) is 6.60. The van der Waals surface area contributed by atoms with Crippen LogP contribution in [0.5, 0.6) is 0 Å². The number of rotatable bonds is 6. The lowest BCUT2D eigenvalue weighted by Gasteiger charge is -2.40. The molecule has 1 rings (SSSR count). The van der Waals surface area contributed by atoms with Crippen LogP contribution in [0, 0.1) is 11.8 Å². The Labute approximate surface area is 110 Å². The van der Waals surface area contributed by atoms with Crippen molar-refractivity contribution in [2.24, 2.45) is 17.6 Å². The molecule has 1 heterocycles. The lowest BCUT2D eigenvalue weighted by Crippen LogP contribution is -2.53. The highest BCUT2D eigenvalue weighted by atomic mass is 16.5. The first-order chi connectivity index (χ1) is 8.61. The average Bonchev–Trinajstić information content (AvgIpc) is 2.36. The maximum atomic E-state index is 12.0. The molecule has 2 N–H and O–H groups in total. The minimum Gasteiger partial charge on any atom is -0.466 e. The van der Waals surface area contributed by atoms with Gasteiger partial charge in [0.2, 0.25) is 0 Å². The first kappa shape index (κ1) is 15.4. The van der Waals surface area contributed by atoms with Crippen LogP contribution in [-0.2, 0) is 14.3 Å². The van der Waals surface area contributed by atoms with Crippen molar-refractivity contribution < 1.29 is 14.3 Å². The number of carbonyl (C=O) groups is 1. The summed E-state index contributed by atoms with van der Waals surface area (Å²) in [6.45, 7) is 9.99. The molecule has 0 radical (unpaired) electrons. The van der Waals surface area contributed by atoms with Gasteiger partial charge < -0.3 is 15.2 Å². The lowest BCUT2D eigenvalue weighted by atomic mass is 9.88. The van der Waals surface area contributed by atoms with Crippen LogP contribution in [0.3, 0.4) is 0 Å². The molecule has 0 bridgehead atoms. The molecule has 0 amide bonds. The molecule has 1 aliphatic heterocycles. The molecule has 0 aromatic carbocycles. The summed E-state index contributed by atoms with van der Waals surface area (Å²) in [6, 6.07) is 0.137. The van der Waals surface area contributed by atoms with Crippen LogP contribution in [0.1, 0.15) is 20.8 Å². The van der Waals surface area contributed by atoms with E-state index in [4.69, 9.17) is 15.2 Å². The van der Waals surface area contributed by atoms with E-state index in [2.05, 4.69) is 18.7 Å². The average molecular weight is 258 g/mol. The van der Waals surface area contributed by atoms with Crippen LogP contribution in [0.15, 0.2) is 0 Å². The summed E-state index contributed by atoms with van der Waals surface area (Å²) in [7, 11) is 0. The third-order valence-corrected chi connectivity index (χ3v) is 3.41. The largest absolute Gasteiger partial charge is 0.466 e. The molecule has 0 unspecified atom stereocenters. The number of ether oxygens (including phenoxy) is 2. The van der Waals surface area contributed by atoms with Gasteiger partial charge in [0.05, 0.1) is 25.7 Å². The van der Waals surface area contributed by atoms with Crippen molar-refractivity contribution in [3.63, 3.8) is 0 Å². The molecule has 5 nitrogen and oxygen atoms in total. The molecular formula is C13H26N2O3.